The first kappa shape index (κ1) is 30.5. The summed E-state index contributed by atoms with van der Waals surface area (Å²) in [5.74, 6) is -0.816. The summed E-state index contributed by atoms with van der Waals surface area (Å²) in [6, 6.07) is 29.9. The van der Waals surface area contributed by atoms with Gasteiger partial charge in [-0.1, -0.05) is 84.4 Å². The number of carbonyl (C=O) groups excluding carboxylic acids is 2. The minimum atomic E-state index is -4.12. The van der Waals surface area contributed by atoms with E-state index in [1.807, 2.05) is 81.4 Å². The zero-order valence-corrected chi connectivity index (χ0v) is 25.3. The molecule has 0 radical (unpaired) electrons. The lowest BCUT2D eigenvalue weighted by Gasteiger charge is -2.33. The summed E-state index contributed by atoms with van der Waals surface area (Å²) < 4.78 is 29.2. The van der Waals surface area contributed by atoms with E-state index in [9.17, 15) is 18.0 Å². The van der Waals surface area contributed by atoms with E-state index in [4.69, 9.17) is 0 Å². The lowest BCUT2D eigenvalue weighted by molar-refractivity contribution is -0.139. The zero-order valence-electron chi connectivity index (χ0n) is 24.4. The monoisotopic (exact) mass is 583 g/mol. The van der Waals surface area contributed by atoms with Crippen molar-refractivity contribution in [2.75, 3.05) is 17.9 Å². The highest BCUT2D eigenvalue weighted by Gasteiger charge is 2.34. The second-order valence-electron chi connectivity index (χ2n) is 10.5. The molecule has 0 fully saturated rings. The molecule has 2 amide bonds. The lowest BCUT2D eigenvalue weighted by Crippen LogP contribution is -2.53. The number of benzene rings is 4. The number of anilines is 1. The average Bonchev–Trinajstić information content (AvgIpc) is 2.97. The molecule has 0 aromatic heterocycles. The molecule has 42 heavy (non-hydrogen) atoms. The van der Waals surface area contributed by atoms with Crippen LogP contribution >= 0.6 is 0 Å². The van der Waals surface area contributed by atoms with Crippen molar-refractivity contribution in [1.29, 1.82) is 0 Å². The van der Waals surface area contributed by atoms with E-state index in [1.54, 1.807) is 30.3 Å². The van der Waals surface area contributed by atoms with Gasteiger partial charge in [-0.05, 0) is 67.3 Å². The first-order valence-electron chi connectivity index (χ1n) is 13.8. The van der Waals surface area contributed by atoms with Gasteiger partial charge in [0.1, 0.15) is 12.6 Å². The summed E-state index contributed by atoms with van der Waals surface area (Å²) in [5.41, 5.74) is 4.87. The van der Waals surface area contributed by atoms with E-state index in [1.165, 1.54) is 24.1 Å². The molecule has 1 N–H and O–H groups in total. The molecule has 0 saturated heterocycles. The Kier molecular flexibility index (Phi) is 9.80. The van der Waals surface area contributed by atoms with Crippen molar-refractivity contribution in [2.45, 2.75) is 44.7 Å². The molecule has 0 aliphatic heterocycles. The summed E-state index contributed by atoms with van der Waals surface area (Å²) >= 11 is 0. The van der Waals surface area contributed by atoms with Gasteiger partial charge in [0.05, 0.1) is 10.6 Å². The molecular weight excluding hydrogens is 546 g/mol. The molecule has 0 aliphatic carbocycles. The highest BCUT2D eigenvalue weighted by atomic mass is 32.2. The Morgan fingerprint density at radius 2 is 1.33 bits per heavy atom. The van der Waals surface area contributed by atoms with Crippen molar-refractivity contribution in [3.8, 4) is 0 Å². The lowest BCUT2D eigenvalue weighted by atomic mass is 10.0. The van der Waals surface area contributed by atoms with Crippen LogP contribution in [-0.2, 0) is 32.6 Å². The molecule has 0 aliphatic rings. The van der Waals surface area contributed by atoms with E-state index >= 15 is 0 Å². The van der Waals surface area contributed by atoms with Crippen molar-refractivity contribution in [1.82, 2.24) is 10.2 Å². The first-order valence-corrected chi connectivity index (χ1v) is 15.3. The fourth-order valence-corrected chi connectivity index (χ4v) is 6.49. The van der Waals surface area contributed by atoms with Gasteiger partial charge in [-0.3, -0.25) is 13.9 Å². The van der Waals surface area contributed by atoms with Crippen molar-refractivity contribution >= 4 is 27.5 Å². The van der Waals surface area contributed by atoms with E-state index in [0.29, 0.717) is 5.69 Å². The number of hydrogen-bond donors (Lipinski definition) is 1. The predicted molar refractivity (Wildman–Crippen MR) is 167 cm³/mol. The van der Waals surface area contributed by atoms with Gasteiger partial charge in [-0.2, -0.15) is 0 Å². The van der Waals surface area contributed by atoms with Crippen LogP contribution in [0.15, 0.2) is 108 Å². The number of carbonyl (C=O) groups is 2. The SMILES string of the molecule is CNC(=O)[C@@H](Cc1ccccc1)N(Cc1cccc(C)c1)C(=O)CN(c1cc(C)cc(C)c1)S(=O)(=O)c1ccccc1. The van der Waals surface area contributed by atoms with E-state index < -0.39 is 28.5 Å². The van der Waals surface area contributed by atoms with Crippen LogP contribution in [0.25, 0.3) is 0 Å². The van der Waals surface area contributed by atoms with Crippen molar-refractivity contribution in [3.05, 3.63) is 131 Å². The Balaban J connectivity index is 1.81. The highest BCUT2D eigenvalue weighted by molar-refractivity contribution is 7.92. The van der Waals surface area contributed by atoms with Gasteiger partial charge in [-0.15, -0.1) is 0 Å². The summed E-state index contributed by atoms with van der Waals surface area (Å²) in [7, 11) is -2.58. The first-order chi connectivity index (χ1) is 20.1. The Morgan fingerprint density at radius 3 is 1.93 bits per heavy atom. The van der Waals surface area contributed by atoms with Crippen LogP contribution < -0.4 is 9.62 Å². The van der Waals surface area contributed by atoms with Crippen molar-refractivity contribution in [3.63, 3.8) is 0 Å². The molecule has 4 rings (SSSR count). The second-order valence-corrected chi connectivity index (χ2v) is 12.4. The molecular formula is C34H37N3O4S. The van der Waals surface area contributed by atoms with Gasteiger partial charge >= 0.3 is 0 Å². The Bertz CT molecular complexity index is 1620. The maximum absolute atomic E-state index is 14.4. The molecule has 0 heterocycles. The largest absolute Gasteiger partial charge is 0.357 e. The fraction of sp³-hybridized carbons (Fsp3) is 0.235. The van der Waals surface area contributed by atoms with Gasteiger partial charge in [0, 0.05) is 20.0 Å². The number of rotatable bonds is 11. The number of nitrogens with one attached hydrogen (secondary N) is 1. The maximum atomic E-state index is 14.4. The normalized spacial score (nSPS) is 11.9. The Morgan fingerprint density at radius 1 is 0.738 bits per heavy atom. The summed E-state index contributed by atoms with van der Waals surface area (Å²) in [6.07, 6.45) is 0.271. The molecule has 218 valence electrons. The molecule has 0 spiro atoms. The van der Waals surface area contributed by atoms with Gasteiger partial charge < -0.3 is 10.2 Å². The highest BCUT2D eigenvalue weighted by Crippen LogP contribution is 2.27. The Hall–Kier alpha value is -4.43. The number of hydrogen-bond acceptors (Lipinski definition) is 4. The molecule has 1 atom stereocenters. The topological polar surface area (TPSA) is 86.8 Å². The van der Waals surface area contributed by atoms with Gasteiger partial charge in [0.25, 0.3) is 10.0 Å². The quantitative estimate of drug-likeness (QED) is 0.263. The summed E-state index contributed by atoms with van der Waals surface area (Å²) in [6.45, 7) is 5.39. The van der Waals surface area contributed by atoms with Crippen LogP contribution in [0, 0.1) is 20.8 Å². The number of likely N-dealkylation sites (N-methyl/N-ethyl adjacent to an activating group) is 1. The van der Waals surface area contributed by atoms with Crippen LogP contribution in [0.3, 0.4) is 0 Å². The maximum Gasteiger partial charge on any atom is 0.264 e. The average molecular weight is 584 g/mol. The van der Waals surface area contributed by atoms with Crippen molar-refractivity contribution < 1.29 is 18.0 Å². The van der Waals surface area contributed by atoms with Crippen LogP contribution in [0.4, 0.5) is 5.69 Å². The molecule has 0 unspecified atom stereocenters. The number of aryl methyl sites for hydroxylation is 3. The number of amides is 2. The Labute approximate surface area is 248 Å². The molecule has 7 nitrogen and oxygen atoms in total. The standard InChI is InChI=1S/C34H37N3O4S/c1-25-12-11-15-29(19-25)23-36(32(34(39)35-4)22-28-13-7-5-8-14-28)33(38)24-37(30-20-26(2)18-27(3)21-30)42(40,41)31-16-9-6-10-17-31/h5-21,32H,22-24H2,1-4H3,(H,35,39)/t32-/m1/s1. The van der Waals surface area contributed by atoms with Crippen molar-refractivity contribution in [2.24, 2.45) is 0 Å². The molecule has 4 aromatic rings. The fourth-order valence-electron chi connectivity index (χ4n) is 5.07. The molecule has 8 heteroatoms. The van der Waals surface area contributed by atoms with Gasteiger partial charge in [0.2, 0.25) is 11.8 Å². The molecule has 4 aromatic carbocycles. The predicted octanol–water partition coefficient (Wildman–Crippen LogP) is 5.19. The van der Waals surface area contributed by atoms with Crippen LogP contribution in [-0.4, -0.2) is 44.8 Å². The van der Waals surface area contributed by atoms with E-state index in [-0.39, 0.29) is 23.8 Å². The number of sulfonamides is 1. The van der Waals surface area contributed by atoms with Crippen LogP contribution in [0.1, 0.15) is 27.8 Å². The summed E-state index contributed by atoms with van der Waals surface area (Å²) in [5, 5.41) is 2.71. The minimum absolute atomic E-state index is 0.0781. The number of nitrogens with zero attached hydrogens (tertiary/aromatic N) is 2. The van der Waals surface area contributed by atoms with Crippen LogP contribution in [0.5, 0.6) is 0 Å². The van der Waals surface area contributed by atoms with E-state index in [0.717, 1.165) is 32.1 Å². The van der Waals surface area contributed by atoms with Crippen LogP contribution in [0.2, 0.25) is 0 Å². The third kappa shape index (κ3) is 7.44. The third-order valence-electron chi connectivity index (χ3n) is 7.06. The minimum Gasteiger partial charge on any atom is -0.357 e. The molecule has 0 saturated carbocycles. The van der Waals surface area contributed by atoms with Gasteiger partial charge in [-0.25, -0.2) is 8.42 Å². The van der Waals surface area contributed by atoms with E-state index in [2.05, 4.69) is 5.32 Å². The smallest absolute Gasteiger partial charge is 0.264 e. The summed E-state index contributed by atoms with van der Waals surface area (Å²) in [4.78, 5) is 29.3. The zero-order chi connectivity index (χ0) is 30.3. The molecule has 0 bridgehead atoms. The second kappa shape index (κ2) is 13.5. The third-order valence-corrected chi connectivity index (χ3v) is 8.85. The van der Waals surface area contributed by atoms with Gasteiger partial charge in [0.15, 0.2) is 0 Å².